The second kappa shape index (κ2) is 6.49. The maximum absolute atomic E-state index is 11.8. The zero-order valence-corrected chi connectivity index (χ0v) is 11.6. The molecule has 0 saturated heterocycles. The maximum Gasteiger partial charge on any atom is 0.242 e. The number of hydrogen-bond acceptors (Lipinski definition) is 4. The number of carbonyl (C=O) groups excluding carboxylic acids is 1. The predicted molar refractivity (Wildman–Crippen MR) is 73.9 cm³/mol. The van der Waals surface area contributed by atoms with Gasteiger partial charge in [-0.15, -0.1) is 11.3 Å². The summed E-state index contributed by atoms with van der Waals surface area (Å²) in [4.78, 5) is 12.9. The molecule has 5 nitrogen and oxygen atoms in total. The number of rotatable bonds is 6. The summed E-state index contributed by atoms with van der Waals surface area (Å²) in [7, 11) is 0. The molecular formula is C13H17N3O2S. The molecule has 6 heteroatoms. The zero-order valence-electron chi connectivity index (χ0n) is 10.8. The normalized spacial score (nSPS) is 10.6. The molecule has 2 aromatic heterocycles. The molecule has 0 aliphatic carbocycles. The third kappa shape index (κ3) is 3.90. The van der Waals surface area contributed by atoms with Gasteiger partial charge in [-0.25, -0.2) is 0 Å². The lowest BCUT2D eigenvalue weighted by molar-refractivity contribution is -0.122. The van der Waals surface area contributed by atoms with Crippen molar-refractivity contribution in [3.05, 3.63) is 39.8 Å². The summed E-state index contributed by atoms with van der Waals surface area (Å²) in [6, 6.07) is 2.04. The van der Waals surface area contributed by atoms with Crippen LogP contribution in [0.5, 0.6) is 0 Å². The van der Waals surface area contributed by atoms with Crippen LogP contribution in [0.2, 0.25) is 0 Å². The van der Waals surface area contributed by atoms with Crippen LogP contribution in [0.15, 0.2) is 23.8 Å². The molecule has 0 saturated carbocycles. The van der Waals surface area contributed by atoms with Crippen molar-refractivity contribution in [3.63, 3.8) is 0 Å². The number of aromatic nitrogens is 2. The quantitative estimate of drug-likeness (QED) is 0.832. The van der Waals surface area contributed by atoms with Crippen molar-refractivity contribution in [2.45, 2.75) is 26.4 Å². The molecule has 0 spiro atoms. The van der Waals surface area contributed by atoms with E-state index < -0.39 is 0 Å². The second-order valence-corrected chi connectivity index (χ2v) is 5.32. The molecule has 2 aromatic rings. The van der Waals surface area contributed by atoms with Gasteiger partial charge in [0.25, 0.3) is 0 Å². The van der Waals surface area contributed by atoms with Gasteiger partial charge in [-0.1, -0.05) is 0 Å². The second-order valence-electron chi connectivity index (χ2n) is 4.32. The number of nitrogens with zero attached hydrogens (tertiary/aromatic N) is 2. The Hall–Kier alpha value is -1.66. The van der Waals surface area contributed by atoms with Crippen LogP contribution in [0.4, 0.5) is 0 Å². The van der Waals surface area contributed by atoms with E-state index in [-0.39, 0.29) is 19.1 Å². The minimum atomic E-state index is -0.0635. The summed E-state index contributed by atoms with van der Waals surface area (Å²) in [5.41, 5.74) is 2.14. The SMILES string of the molecule is Cc1ccsc1CNC(=O)Cn1cc(CCO)cn1. The van der Waals surface area contributed by atoms with Crippen LogP contribution >= 0.6 is 11.3 Å². The van der Waals surface area contributed by atoms with Gasteiger partial charge in [-0.3, -0.25) is 9.48 Å². The van der Waals surface area contributed by atoms with Crippen LogP contribution < -0.4 is 5.32 Å². The third-order valence-corrected chi connectivity index (χ3v) is 3.83. The average molecular weight is 279 g/mol. The first kappa shape index (κ1) is 13.8. The van der Waals surface area contributed by atoms with Gasteiger partial charge in [-0.05, 0) is 35.9 Å². The van der Waals surface area contributed by atoms with Crippen molar-refractivity contribution >= 4 is 17.2 Å². The van der Waals surface area contributed by atoms with Gasteiger partial charge in [-0.2, -0.15) is 5.10 Å². The predicted octanol–water partition coefficient (Wildman–Crippen LogP) is 1.10. The van der Waals surface area contributed by atoms with Gasteiger partial charge in [0.15, 0.2) is 0 Å². The van der Waals surface area contributed by atoms with Crippen LogP contribution in [-0.4, -0.2) is 27.4 Å². The molecule has 1 amide bonds. The highest BCUT2D eigenvalue weighted by Gasteiger charge is 2.06. The van der Waals surface area contributed by atoms with Gasteiger partial charge >= 0.3 is 0 Å². The fraction of sp³-hybridized carbons (Fsp3) is 0.385. The fourth-order valence-electron chi connectivity index (χ4n) is 1.72. The largest absolute Gasteiger partial charge is 0.396 e. The van der Waals surface area contributed by atoms with Gasteiger partial charge in [0.1, 0.15) is 6.54 Å². The van der Waals surface area contributed by atoms with Gasteiger partial charge in [0.05, 0.1) is 12.7 Å². The number of aryl methyl sites for hydroxylation is 1. The molecule has 2 rings (SSSR count). The van der Waals surface area contributed by atoms with E-state index in [0.717, 1.165) is 5.56 Å². The Kier molecular flexibility index (Phi) is 4.70. The molecule has 0 radical (unpaired) electrons. The molecule has 0 aliphatic heterocycles. The Balaban J connectivity index is 1.82. The summed E-state index contributed by atoms with van der Waals surface area (Å²) in [5, 5.41) is 17.8. The van der Waals surface area contributed by atoms with E-state index in [1.54, 1.807) is 28.4 Å². The lowest BCUT2D eigenvalue weighted by Gasteiger charge is -2.04. The minimum absolute atomic E-state index is 0.0635. The van der Waals surface area contributed by atoms with Crippen LogP contribution in [-0.2, 0) is 24.3 Å². The minimum Gasteiger partial charge on any atom is -0.396 e. The van der Waals surface area contributed by atoms with Crippen molar-refractivity contribution < 1.29 is 9.90 Å². The van der Waals surface area contributed by atoms with Crippen molar-refractivity contribution in [3.8, 4) is 0 Å². The van der Waals surface area contributed by atoms with E-state index in [1.165, 1.54) is 10.4 Å². The zero-order chi connectivity index (χ0) is 13.7. The molecule has 102 valence electrons. The number of aliphatic hydroxyl groups excluding tert-OH is 1. The van der Waals surface area contributed by atoms with Crippen molar-refractivity contribution in [1.82, 2.24) is 15.1 Å². The van der Waals surface area contributed by atoms with Crippen molar-refractivity contribution in [2.24, 2.45) is 0 Å². The van der Waals surface area contributed by atoms with Crippen LogP contribution in [0.1, 0.15) is 16.0 Å². The number of thiophene rings is 1. The number of nitrogens with one attached hydrogen (secondary N) is 1. The summed E-state index contributed by atoms with van der Waals surface area (Å²) in [6.07, 6.45) is 4.02. The van der Waals surface area contributed by atoms with Crippen LogP contribution in [0.3, 0.4) is 0 Å². The first-order chi connectivity index (χ1) is 9.19. The Morgan fingerprint density at radius 2 is 2.42 bits per heavy atom. The number of amides is 1. The Labute approximate surface area is 115 Å². The van der Waals surface area contributed by atoms with E-state index in [0.29, 0.717) is 13.0 Å². The van der Waals surface area contributed by atoms with Crippen molar-refractivity contribution in [2.75, 3.05) is 6.61 Å². The smallest absolute Gasteiger partial charge is 0.242 e. The summed E-state index contributed by atoms with van der Waals surface area (Å²) in [5.74, 6) is -0.0635. The van der Waals surface area contributed by atoms with E-state index in [9.17, 15) is 4.79 Å². The summed E-state index contributed by atoms with van der Waals surface area (Å²) < 4.78 is 1.58. The first-order valence-electron chi connectivity index (χ1n) is 6.11. The molecule has 2 heterocycles. The van der Waals surface area contributed by atoms with E-state index in [1.807, 2.05) is 18.4 Å². The maximum atomic E-state index is 11.8. The van der Waals surface area contributed by atoms with E-state index >= 15 is 0 Å². The standard InChI is InChI=1S/C13H17N3O2S/c1-10-3-5-19-12(10)7-14-13(18)9-16-8-11(2-4-17)6-15-16/h3,5-6,8,17H,2,4,7,9H2,1H3,(H,14,18). The summed E-state index contributed by atoms with van der Waals surface area (Å²) >= 11 is 1.64. The van der Waals surface area contributed by atoms with E-state index in [2.05, 4.69) is 10.4 Å². The molecule has 0 bridgehead atoms. The van der Waals surface area contributed by atoms with Gasteiger partial charge in [0, 0.05) is 17.7 Å². The average Bonchev–Trinajstić information content (AvgIpc) is 2.97. The first-order valence-corrected chi connectivity index (χ1v) is 6.99. The molecule has 19 heavy (non-hydrogen) atoms. The Morgan fingerprint density at radius 3 is 3.11 bits per heavy atom. The van der Waals surface area contributed by atoms with Crippen molar-refractivity contribution in [1.29, 1.82) is 0 Å². The third-order valence-electron chi connectivity index (χ3n) is 2.81. The lowest BCUT2D eigenvalue weighted by Crippen LogP contribution is -2.27. The lowest BCUT2D eigenvalue weighted by atomic mass is 10.3. The molecular weight excluding hydrogens is 262 g/mol. The highest BCUT2D eigenvalue weighted by molar-refractivity contribution is 7.10. The van der Waals surface area contributed by atoms with Crippen LogP contribution in [0, 0.1) is 6.92 Å². The molecule has 2 N–H and O–H groups in total. The molecule has 0 aliphatic rings. The Bertz CT molecular complexity index is 548. The topological polar surface area (TPSA) is 67.2 Å². The van der Waals surface area contributed by atoms with Gasteiger partial charge in [0.2, 0.25) is 5.91 Å². The Morgan fingerprint density at radius 1 is 1.58 bits per heavy atom. The highest BCUT2D eigenvalue weighted by atomic mass is 32.1. The van der Waals surface area contributed by atoms with Crippen LogP contribution in [0.25, 0.3) is 0 Å². The molecule has 0 fully saturated rings. The molecule has 0 aromatic carbocycles. The monoisotopic (exact) mass is 279 g/mol. The van der Waals surface area contributed by atoms with Gasteiger partial charge < -0.3 is 10.4 Å². The fourth-order valence-corrected chi connectivity index (χ4v) is 2.56. The highest BCUT2D eigenvalue weighted by Crippen LogP contribution is 2.14. The number of aliphatic hydroxyl groups is 1. The van der Waals surface area contributed by atoms with E-state index in [4.69, 9.17) is 5.11 Å². The molecule has 0 unspecified atom stereocenters. The summed E-state index contributed by atoms with van der Waals surface area (Å²) in [6.45, 7) is 2.89. The number of hydrogen-bond donors (Lipinski definition) is 2. The number of carbonyl (C=O) groups is 1. The molecule has 0 atom stereocenters.